The van der Waals surface area contributed by atoms with Crippen LogP contribution >= 0.6 is 35.4 Å². The van der Waals surface area contributed by atoms with E-state index >= 15 is 0 Å². The van der Waals surface area contributed by atoms with Gasteiger partial charge in [-0.25, -0.2) is 0 Å². The Kier molecular flexibility index (Phi) is 4.92. The van der Waals surface area contributed by atoms with Crippen LogP contribution in [0.5, 0.6) is 0 Å². The van der Waals surface area contributed by atoms with Crippen LogP contribution in [0.25, 0.3) is 0 Å². The highest BCUT2D eigenvalue weighted by Gasteiger charge is 2.39. The number of halogens is 2. The number of hydrogen-bond donors (Lipinski definition) is 2. The molecule has 3 rings (SSSR count). The van der Waals surface area contributed by atoms with Gasteiger partial charge in [0.2, 0.25) is 0 Å². The molecule has 2 saturated carbocycles. The summed E-state index contributed by atoms with van der Waals surface area (Å²) in [5.41, 5.74) is 1.09. The molecule has 0 unspecified atom stereocenters. The SMILES string of the molecule is S=C(NCCc1ccc(Cl)cc1Cl)N[C@@H]1C[C@H]2CC[C@@H]1C2. The van der Waals surface area contributed by atoms with Crippen molar-refractivity contribution in [3.05, 3.63) is 33.8 Å². The van der Waals surface area contributed by atoms with Crippen molar-refractivity contribution in [3.8, 4) is 0 Å². The van der Waals surface area contributed by atoms with Crippen molar-refractivity contribution < 1.29 is 0 Å². The van der Waals surface area contributed by atoms with Crippen LogP contribution in [0.1, 0.15) is 31.2 Å². The van der Waals surface area contributed by atoms with Gasteiger partial charge < -0.3 is 10.6 Å². The quantitative estimate of drug-likeness (QED) is 0.802. The highest BCUT2D eigenvalue weighted by atomic mass is 35.5. The molecule has 5 heteroatoms. The first kappa shape index (κ1) is 15.4. The minimum atomic E-state index is 0.586. The van der Waals surface area contributed by atoms with Gasteiger partial charge >= 0.3 is 0 Å². The summed E-state index contributed by atoms with van der Waals surface area (Å²) < 4.78 is 0. The predicted octanol–water partition coefficient (Wildman–Crippen LogP) is 4.19. The minimum Gasteiger partial charge on any atom is -0.362 e. The summed E-state index contributed by atoms with van der Waals surface area (Å²) in [7, 11) is 0. The third-order valence-electron chi connectivity index (χ3n) is 4.75. The molecule has 0 heterocycles. The van der Waals surface area contributed by atoms with Crippen LogP contribution in [0.3, 0.4) is 0 Å². The Hall–Kier alpha value is -0.510. The zero-order valence-electron chi connectivity index (χ0n) is 11.9. The molecule has 2 aliphatic carbocycles. The lowest BCUT2D eigenvalue weighted by molar-refractivity contribution is 0.389. The maximum atomic E-state index is 6.16. The summed E-state index contributed by atoms with van der Waals surface area (Å²) in [5, 5.41) is 8.94. The average Bonchev–Trinajstić information content (AvgIpc) is 3.03. The van der Waals surface area contributed by atoms with Crippen LogP contribution in [0.15, 0.2) is 18.2 Å². The molecular formula is C16H20Cl2N2S. The smallest absolute Gasteiger partial charge is 0.166 e. The highest BCUT2D eigenvalue weighted by molar-refractivity contribution is 7.80. The number of hydrogen-bond acceptors (Lipinski definition) is 1. The summed E-state index contributed by atoms with van der Waals surface area (Å²) >= 11 is 17.5. The first-order valence-electron chi connectivity index (χ1n) is 7.60. The van der Waals surface area contributed by atoms with E-state index in [1.54, 1.807) is 6.07 Å². The minimum absolute atomic E-state index is 0.586. The van der Waals surface area contributed by atoms with Crippen molar-refractivity contribution in [1.29, 1.82) is 0 Å². The zero-order valence-corrected chi connectivity index (χ0v) is 14.2. The van der Waals surface area contributed by atoms with E-state index in [0.717, 1.165) is 40.5 Å². The molecule has 3 atom stereocenters. The van der Waals surface area contributed by atoms with Gasteiger partial charge in [0.15, 0.2) is 5.11 Å². The van der Waals surface area contributed by atoms with Gasteiger partial charge in [0.25, 0.3) is 0 Å². The second-order valence-corrected chi connectivity index (χ2v) is 7.42. The van der Waals surface area contributed by atoms with Crippen LogP contribution in [0.4, 0.5) is 0 Å². The summed E-state index contributed by atoms with van der Waals surface area (Å²) in [5.74, 6) is 1.77. The monoisotopic (exact) mass is 342 g/mol. The van der Waals surface area contributed by atoms with Gasteiger partial charge in [0.05, 0.1) is 0 Å². The molecule has 2 fully saturated rings. The maximum absolute atomic E-state index is 6.16. The molecular weight excluding hydrogens is 323 g/mol. The second kappa shape index (κ2) is 6.72. The molecule has 2 bridgehead atoms. The lowest BCUT2D eigenvalue weighted by Gasteiger charge is -2.24. The van der Waals surface area contributed by atoms with Gasteiger partial charge in [-0.2, -0.15) is 0 Å². The number of rotatable bonds is 4. The molecule has 0 radical (unpaired) electrons. The average molecular weight is 343 g/mol. The summed E-state index contributed by atoms with van der Waals surface area (Å²) in [6.07, 6.45) is 6.30. The van der Waals surface area contributed by atoms with Crippen molar-refractivity contribution in [2.45, 2.75) is 38.1 Å². The van der Waals surface area contributed by atoms with Crippen LogP contribution in [0, 0.1) is 11.8 Å². The van der Waals surface area contributed by atoms with E-state index in [1.807, 2.05) is 12.1 Å². The Labute approximate surface area is 141 Å². The number of benzene rings is 1. The molecule has 0 spiro atoms. The third kappa shape index (κ3) is 3.82. The molecule has 21 heavy (non-hydrogen) atoms. The van der Waals surface area contributed by atoms with Crippen LogP contribution in [-0.2, 0) is 6.42 Å². The highest BCUT2D eigenvalue weighted by Crippen LogP contribution is 2.44. The van der Waals surface area contributed by atoms with E-state index in [2.05, 4.69) is 10.6 Å². The van der Waals surface area contributed by atoms with E-state index in [9.17, 15) is 0 Å². The Morgan fingerprint density at radius 2 is 2.10 bits per heavy atom. The van der Waals surface area contributed by atoms with E-state index in [0.29, 0.717) is 11.1 Å². The van der Waals surface area contributed by atoms with Crippen molar-refractivity contribution in [2.24, 2.45) is 11.8 Å². The number of fused-ring (bicyclic) bond motifs is 2. The molecule has 0 saturated heterocycles. The fraction of sp³-hybridized carbons (Fsp3) is 0.562. The van der Waals surface area contributed by atoms with E-state index < -0.39 is 0 Å². The normalized spacial score (nSPS) is 26.9. The van der Waals surface area contributed by atoms with Gasteiger partial charge in [0, 0.05) is 22.6 Å². The Balaban J connectivity index is 1.42. The molecule has 1 aromatic carbocycles. The van der Waals surface area contributed by atoms with Crippen molar-refractivity contribution >= 4 is 40.5 Å². The molecule has 2 aliphatic rings. The largest absolute Gasteiger partial charge is 0.362 e. The molecule has 1 aromatic rings. The van der Waals surface area contributed by atoms with Gasteiger partial charge in [-0.15, -0.1) is 0 Å². The fourth-order valence-corrected chi connectivity index (χ4v) is 4.43. The van der Waals surface area contributed by atoms with E-state index in [1.165, 1.54) is 25.7 Å². The first-order valence-corrected chi connectivity index (χ1v) is 8.76. The van der Waals surface area contributed by atoms with Crippen LogP contribution < -0.4 is 10.6 Å². The molecule has 0 aromatic heterocycles. The number of nitrogens with one attached hydrogen (secondary N) is 2. The van der Waals surface area contributed by atoms with Gasteiger partial charge in [-0.05, 0) is 67.4 Å². The lowest BCUT2D eigenvalue weighted by Crippen LogP contribution is -2.44. The van der Waals surface area contributed by atoms with Gasteiger partial charge in [-0.1, -0.05) is 35.7 Å². The van der Waals surface area contributed by atoms with E-state index in [-0.39, 0.29) is 0 Å². The number of thiocarbonyl (C=S) groups is 1. The Morgan fingerprint density at radius 1 is 1.24 bits per heavy atom. The molecule has 114 valence electrons. The van der Waals surface area contributed by atoms with Crippen molar-refractivity contribution in [3.63, 3.8) is 0 Å². The topological polar surface area (TPSA) is 24.1 Å². The molecule has 2 N–H and O–H groups in total. The first-order chi connectivity index (χ1) is 10.1. The lowest BCUT2D eigenvalue weighted by atomic mass is 9.96. The maximum Gasteiger partial charge on any atom is 0.166 e. The molecule has 0 amide bonds. The van der Waals surface area contributed by atoms with Crippen molar-refractivity contribution in [1.82, 2.24) is 10.6 Å². The molecule has 2 nitrogen and oxygen atoms in total. The standard InChI is InChI=1S/C16H20Cl2N2S/c17-13-4-3-11(14(18)9-13)5-6-19-16(21)20-15-8-10-1-2-12(15)7-10/h3-4,9-10,12,15H,1-2,5-8H2,(H2,19,20,21)/t10-,12+,15+/m0/s1. The second-order valence-electron chi connectivity index (χ2n) is 6.17. The van der Waals surface area contributed by atoms with E-state index in [4.69, 9.17) is 35.4 Å². The third-order valence-corrected chi connectivity index (χ3v) is 5.60. The van der Waals surface area contributed by atoms with Crippen molar-refractivity contribution in [2.75, 3.05) is 6.54 Å². The van der Waals surface area contributed by atoms with Gasteiger partial charge in [-0.3, -0.25) is 0 Å². The van der Waals surface area contributed by atoms with Crippen LogP contribution in [-0.4, -0.2) is 17.7 Å². The molecule has 0 aliphatic heterocycles. The van der Waals surface area contributed by atoms with Crippen LogP contribution in [0.2, 0.25) is 10.0 Å². The predicted molar refractivity (Wildman–Crippen MR) is 93.1 cm³/mol. The Bertz CT molecular complexity index is 535. The zero-order chi connectivity index (χ0) is 14.8. The Morgan fingerprint density at radius 3 is 2.76 bits per heavy atom. The van der Waals surface area contributed by atoms with Gasteiger partial charge in [0.1, 0.15) is 0 Å². The summed E-state index contributed by atoms with van der Waals surface area (Å²) in [4.78, 5) is 0. The summed E-state index contributed by atoms with van der Waals surface area (Å²) in [6, 6.07) is 6.21. The summed E-state index contributed by atoms with van der Waals surface area (Å²) in [6.45, 7) is 0.786. The fourth-order valence-electron chi connectivity index (χ4n) is 3.68.